The number of hydrogen-bond acceptors (Lipinski definition) is 1. The van der Waals surface area contributed by atoms with Crippen LogP contribution in [-0.2, 0) is 0 Å². The van der Waals surface area contributed by atoms with Crippen LogP contribution in [0.2, 0.25) is 0 Å². The van der Waals surface area contributed by atoms with E-state index >= 15 is 0 Å². The maximum Gasteiger partial charge on any atom is 0.161 e. The summed E-state index contributed by atoms with van der Waals surface area (Å²) in [5.41, 5.74) is -1.59. The Morgan fingerprint density at radius 2 is 0.850 bits per heavy atom. The first-order chi connectivity index (χ1) is 9.31. The summed E-state index contributed by atoms with van der Waals surface area (Å²) in [6.07, 6.45) is -2.11. The molecule has 0 aromatic heterocycles. The van der Waals surface area contributed by atoms with Crippen molar-refractivity contribution in [2.75, 3.05) is 0 Å². The van der Waals surface area contributed by atoms with E-state index < -0.39 is 52.1 Å². The highest BCUT2D eigenvalue weighted by Crippen LogP contribution is 2.29. The SMILES string of the molecule is OC(c1cc(F)c(F)cc1F)c1cc(F)c(F)cc1F. The summed E-state index contributed by atoms with van der Waals surface area (Å²) >= 11 is 0. The molecular weight excluding hydrogens is 286 g/mol. The van der Waals surface area contributed by atoms with Gasteiger partial charge in [-0.05, 0) is 12.1 Å². The Kier molecular flexibility index (Phi) is 3.71. The minimum Gasteiger partial charge on any atom is -0.383 e. The Morgan fingerprint density at radius 1 is 0.550 bits per heavy atom. The van der Waals surface area contributed by atoms with Crippen LogP contribution in [0.3, 0.4) is 0 Å². The van der Waals surface area contributed by atoms with Gasteiger partial charge in [0.1, 0.15) is 17.7 Å². The summed E-state index contributed by atoms with van der Waals surface area (Å²) in [5.74, 6) is -8.62. The lowest BCUT2D eigenvalue weighted by atomic mass is 10.00. The minimum absolute atomic E-state index is 0.158. The zero-order chi connectivity index (χ0) is 15.0. The van der Waals surface area contributed by atoms with Crippen molar-refractivity contribution < 1.29 is 31.4 Å². The van der Waals surface area contributed by atoms with Crippen LogP contribution < -0.4 is 0 Å². The van der Waals surface area contributed by atoms with Crippen molar-refractivity contribution in [1.82, 2.24) is 0 Å². The zero-order valence-electron chi connectivity index (χ0n) is 9.60. The average molecular weight is 292 g/mol. The standard InChI is InChI=1S/C13H6F6O/c14-7-3-11(18)9(16)1-5(7)13(20)6-2-10(17)12(19)4-8(6)15/h1-4,13,20H. The lowest BCUT2D eigenvalue weighted by Crippen LogP contribution is -2.08. The van der Waals surface area contributed by atoms with Crippen LogP contribution in [-0.4, -0.2) is 5.11 Å². The van der Waals surface area contributed by atoms with Crippen LogP contribution >= 0.6 is 0 Å². The third kappa shape index (κ3) is 2.49. The van der Waals surface area contributed by atoms with Crippen molar-refractivity contribution in [3.63, 3.8) is 0 Å². The second-order valence-corrected chi connectivity index (χ2v) is 3.98. The van der Waals surface area contributed by atoms with Gasteiger partial charge in [-0.1, -0.05) is 0 Å². The van der Waals surface area contributed by atoms with Crippen molar-refractivity contribution in [3.05, 3.63) is 70.3 Å². The fraction of sp³-hybridized carbons (Fsp3) is 0.0769. The van der Waals surface area contributed by atoms with Crippen LogP contribution in [0.4, 0.5) is 26.3 Å². The van der Waals surface area contributed by atoms with E-state index in [4.69, 9.17) is 0 Å². The molecule has 0 aliphatic rings. The largest absolute Gasteiger partial charge is 0.383 e. The predicted molar refractivity (Wildman–Crippen MR) is 56.7 cm³/mol. The topological polar surface area (TPSA) is 20.2 Å². The van der Waals surface area contributed by atoms with E-state index in [-0.39, 0.29) is 12.1 Å². The van der Waals surface area contributed by atoms with E-state index in [2.05, 4.69) is 0 Å². The van der Waals surface area contributed by atoms with Crippen LogP contribution in [0.5, 0.6) is 0 Å². The Balaban J connectivity index is 2.54. The van der Waals surface area contributed by atoms with E-state index in [0.29, 0.717) is 12.1 Å². The highest BCUT2D eigenvalue weighted by Gasteiger charge is 2.23. The summed E-state index contributed by atoms with van der Waals surface area (Å²) in [6, 6.07) is 0.948. The number of aliphatic hydroxyl groups is 1. The minimum atomic E-state index is -2.11. The Labute approximate surface area is 109 Å². The molecule has 1 nitrogen and oxygen atoms in total. The van der Waals surface area contributed by atoms with Gasteiger partial charge in [-0.2, -0.15) is 0 Å². The molecule has 0 aliphatic carbocycles. The van der Waals surface area contributed by atoms with Crippen LogP contribution in [0.15, 0.2) is 24.3 Å². The van der Waals surface area contributed by atoms with Crippen LogP contribution in [0.1, 0.15) is 17.2 Å². The number of aliphatic hydroxyl groups excluding tert-OH is 1. The van der Waals surface area contributed by atoms with Crippen molar-refractivity contribution in [3.8, 4) is 0 Å². The molecule has 2 rings (SSSR count). The Morgan fingerprint density at radius 3 is 1.20 bits per heavy atom. The molecule has 20 heavy (non-hydrogen) atoms. The first-order valence-electron chi connectivity index (χ1n) is 5.28. The van der Waals surface area contributed by atoms with E-state index in [1.165, 1.54) is 0 Å². The molecule has 0 atom stereocenters. The highest BCUT2D eigenvalue weighted by atomic mass is 19.2. The Hall–Kier alpha value is -2.02. The summed E-state index contributed by atoms with van der Waals surface area (Å²) in [6.45, 7) is 0. The average Bonchev–Trinajstić information content (AvgIpc) is 2.37. The molecule has 106 valence electrons. The van der Waals surface area contributed by atoms with Crippen molar-refractivity contribution in [1.29, 1.82) is 0 Å². The normalized spacial score (nSPS) is 11.2. The van der Waals surface area contributed by atoms with Gasteiger partial charge in [0.05, 0.1) is 0 Å². The molecule has 0 fully saturated rings. The van der Waals surface area contributed by atoms with E-state index in [1.807, 2.05) is 0 Å². The predicted octanol–water partition coefficient (Wildman–Crippen LogP) is 3.60. The van der Waals surface area contributed by atoms with Crippen molar-refractivity contribution in [2.45, 2.75) is 6.10 Å². The maximum absolute atomic E-state index is 13.4. The molecule has 0 aliphatic heterocycles. The second kappa shape index (κ2) is 5.16. The van der Waals surface area contributed by atoms with Gasteiger partial charge in [0.2, 0.25) is 0 Å². The zero-order valence-corrected chi connectivity index (χ0v) is 9.60. The summed E-state index contributed by atoms with van der Waals surface area (Å²) in [7, 11) is 0. The fourth-order valence-corrected chi connectivity index (χ4v) is 1.66. The quantitative estimate of drug-likeness (QED) is 0.662. The Bertz CT molecular complexity index is 613. The molecule has 0 unspecified atom stereocenters. The molecule has 0 saturated carbocycles. The van der Waals surface area contributed by atoms with Gasteiger partial charge in [0.15, 0.2) is 23.3 Å². The van der Waals surface area contributed by atoms with E-state index in [9.17, 15) is 31.4 Å². The molecule has 7 heteroatoms. The molecule has 2 aromatic carbocycles. The van der Waals surface area contributed by atoms with Crippen LogP contribution in [0.25, 0.3) is 0 Å². The lowest BCUT2D eigenvalue weighted by molar-refractivity contribution is 0.207. The lowest BCUT2D eigenvalue weighted by Gasteiger charge is -2.14. The first kappa shape index (κ1) is 14.4. The monoisotopic (exact) mass is 292 g/mol. The van der Waals surface area contributed by atoms with Gasteiger partial charge >= 0.3 is 0 Å². The maximum atomic E-state index is 13.4. The van der Waals surface area contributed by atoms with Gasteiger partial charge < -0.3 is 5.11 Å². The molecule has 2 aromatic rings. The molecule has 0 heterocycles. The van der Waals surface area contributed by atoms with Gasteiger partial charge in [-0.25, -0.2) is 26.3 Å². The highest BCUT2D eigenvalue weighted by molar-refractivity contribution is 5.33. The smallest absolute Gasteiger partial charge is 0.161 e. The van der Waals surface area contributed by atoms with Gasteiger partial charge in [0, 0.05) is 23.3 Å². The third-order valence-corrected chi connectivity index (χ3v) is 2.67. The molecule has 0 saturated heterocycles. The van der Waals surface area contributed by atoms with E-state index in [0.717, 1.165) is 0 Å². The number of hydrogen-bond donors (Lipinski definition) is 1. The summed E-state index contributed by atoms with van der Waals surface area (Å²) in [4.78, 5) is 0. The van der Waals surface area contributed by atoms with Gasteiger partial charge in [-0.3, -0.25) is 0 Å². The van der Waals surface area contributed by atoms with E-state index in [1.54, 1.807) is 0 Å². The number of halogens is 6. The van der Waals surface area contributed by atoms with Crippen molar-refractivity contribution in [2.24, 2.45) is 0 Å². The number of benzene rings is 2. The summed E-state index contributed by atoms with van der Waals surface area (Å²) < 4.78 is 78.3. The molecule has 1 N–H and O–H groups in total. The fourth-order valence-electron chi connectivity index (χ4n) is 1.66. The summed E-state index contributed by atoms with van der Waals surface area (Å²) in [5, 5.41) is 9.73. The van der Waals surface area contributed by atoms with Crippen molar-refractivity contribution >= 4 is 0 Å². The molecule has 0 radical (unpaired) electrons. The second-order valence-electron chi connectivity index (χ2n) is 3.98. The number of rotatable bonds is 2. The van der Waals surface area contributed by atoms with Gasteiger partial charge in [0.25, 0.3) is 0 Å². The molecule has 0 spiro atoms. The van der Waals surface area contributed by atoms with Gasteiger partial charge in [-0.15, -0.1) is 0 Å². The molecular formula is C13H6F6O. The molecule has 0 amide bonds. The first-order valence-corrected chi connectivity index (χ1v) is 5.28. The molecule has 0 bridgehead atoms. The van der Waals surface area contributed by atoms with Crippen LogP contribution in [0, 0.1) is 34.9 Å². The third-order valence-electron chi connectivity index (χ3n) is 2.67.